The van der Waals surface area contributed by atoms with Crippen LogP contribution in [-0.2, 0) is 11.3 Å². The summed E-state index contributed by atoms with van der Waals surface area (Å²) in [4.78, 5) is 29.7. The van der Waals surface area contributed by atoms with Gasteiger partial charge in [0.25, 0.3) is 5.91 Å². The standard InChI is InChI=1S/C13H20N4O2S/c1-9(18)17-5-3-10(4-6-17)15-7-11-8-16-13(20-11)12(19)14-2/h8,10,15H,3-7H2,1-2H3,(H,14,19). The maximum Gasteiger partial charge on any atom is 0.280 e. The van der Waals surface area contributed by atoms with E-state index in [1.54, 1.807) is 20.2 Å². The number of hydrogen-bond donors (Lipinski definition) is 2. The zero-order valence-corrected chi connectivity index (χ0v) is 12.6. The van der Waals surface area contributed by atoms with Crippen molar-refractivity contribution in [3.63, 3.8) is 0 Å². The summed E-state index contributed by atoms with van der Waals surface area (Å²) in [6, 6.07) is 0.427. The van der Waals surface area contributed by atoms with Crippen LogP contribution >= 0.6 is 11.3 Å². The predicted molar refractivity (Wildman–Crippen MR) is 77.6 cm³/mol. The molecule has 0 saturated carbocycles. The number of thiazole rings is 1. The van der Waals surface area contributed by atoms with Gasteiger partial charge in [-0.05, 0) is 12.8 Å². The number of piperidine rings is 1. The Hall–Kier alpha value is -1.47. The highest BCUT2D eigenvalue weighted by Crippen LogP contribution is 2.15. The lowest BCUT2D eigenvalue weighted by Crippen LogP contribution is -2.43. The Morgan fingerprint density at radius 1 is 1.45 bits per heavy atom. The molecule has 1 aliphatic heterocycles. The lowest BCUT2D eigenvalue weighted by molar-refractivity contribution is -0.129. The van der Waals surface area contributed by atoms with Crippen molar-refractivity contribution < 1.29 is 9.59 Å². The van der Waals surface area contributed by atoms with Crippen LogP contribution in [0.15, 0.2) is 6.20 Å². The molecule has 110 valence electrons. The molecule has 2 N–H and O–H groups in total. The third-order valence-electron chi connectivity index (χ3n) is 3.48. The molecule has 2 amide bonds. The lowest BCUT2D eigenvalue weighted by atomic mass is 10.1. The minimum atomic E-state index is -0.143. The van der Waals surface area contributed by atoms with Crippen molar-refractivity contribution in [2.24, 2.45) is 0 Å². The molecule has 0 bridgehead atoms. The predicted octanol–water partition coefficient (Wildman–Crippen LogP) is 0.603. The number of carbonyl (C=O) groups excluding carboxylic acids is 2. The number of amides is 2. The van der Waals surface area contributed by atoms with E-state index in [1.807, 2.05) is 4.90 Å². The first-order valence-electron chi connectivity index (χ1n) is 6.76. The van der Waals surface area contributed by atoms with E-state index in [9.17, 15) is 9.59 Å². The fourth-order valence-corrected chi connectivity index (χ4v) is 3.05. The van der Waals surface area contributed by atoms with Crippen molar-refractivity contribution in [2.45, 2.75) is 32.4 Å². The average molecular weight is 296 g/mol. The van der Waals surface area contributed by atoms with E-state index in [0.29, 0.717) is 11.0 Å². The van der Waals surface area contributed by atoms with Crippen LogP contribution in [0.1, 0.15) is 34.4 Å². The van der Waals surface area contributed by atoms with Gasteiger partial charge in [-0.25, -0.2) is 4.98 Å². The molecule has 1 aromatic heterocycles. The van der Waals surface area contributed by atoms with Gasteiger partial charge < -0.3 is 15.5 Å². The van der Waals surface area contributed by atoms with Crippen LogP contribution in [0, 0.1) is 0 Å². The highest BCUT2D eigenvalue weighted by Gasteiger charge is 2.20. The Bertz CT molecular complexity index is 480. The molecule has 2 rings (SSSR count). The Kier molecular flexibility index (Phi) is 5.08. The molecule has 0 spiro atoms. The van der Waals surface area contributed by atoms with Crippen molar-refractivity contribution in [1.29, 1.82) is 0 Å². The van der Waals surface area contributed by atoms with Crippen molar-refractivity contribution in [3.8, 4) is 0 Å². The molecule has 1 aliphatic rings. The van der Waals surface area contributed by atoms with Crippen molar-refractivity contribution in [1.82, 2.24) is 20.5 Å². The number of aromatic nitrogens is 1. The Labute approximate surface area is 122 Å². The molecule has 0 aromatic carbocycles. The molecular formula is C13H20N4O2S. The van der Waals surface area contributed by atoms with E-state index in [4.69, 9.17) is 0 Å². The molecule has 6 nitrogen and oxygen atoms in total. The molecule has 2 heterocycles. The van der Waals surface area contributed by atoms with E-state index in [0.717, 1.165) is 37.4 Å². The molecule has 0 radical (unpaired) electrons. The summed E-state index contributed by atoms with van der Waals surface area (Å²) in [6.07, 6.45) is 3.69. The first-order valence-corrected chi connectivity index (χ1v) is 7.57. The number of hydrogen-bond acceptors (Lipinski definition) is 5. The SMILES string of the molecule is CNC(=O)c1ncc(CNC2CCN(C(C)=O)CC2)s1. The van der Waals surface area contributed by atoms with Crippen LogP contribution in [0.3, 0.4) is 0 Å². The van der Waals surface area contributed by atoms with Crippen LogP contribution in [0.2, 0.25) is 0 Å². The summed E-state index contributed by atoms with van der Waals surface area (Å²) in [5.41, 5.74) is 0. The maximum atomic E-state index is 11.4. The van der Waals surface area contributed by atoms with Gasteiger partial charge in [0.1, 0.15) is 0 Å². The monoisotopic (exact) mass is 296 g/mol. The van der Waals surface area contributed by atoms with E-state index in [2.05, 4.69) is 15.6 Å². The number of likely N-dealkylation sites (tertiary alicyclic amines) is 1. The summed E-state index contributed by atoms with van der Waals surface area (Å²) in [6.45, 7) is 3.98. The third-order valence-corrected chi connectivity index (χ3v) is 4.48. The summed E-state index contributed by atoms with van der Waals surface area (Å²) >= 11 is 1.41. The van der Waals surface area contributed by atoms with Crippen LogP contribution in [0.25, 0.3) is 0 Å². The summed E-state index contributed by atoms with van der Waals surface area (Å²) in [5.74, 6) is 0.0112. The van der Waals surface area contributed by atoms with Gasteiger partial charge >= 0.3 is 0 Å². The number of rotatable bonds is 4. The minimum Gasteiger partial charge on any atom is -0.353 e. The van der Waals surface area contributed by atoms with Gasteiger partial charge in [0, 0.05) is 50.7 Å². The maximum absolute atomic E-state index is 11.4. The topological polar surface area (TPSA) is 74.3 Å². The second kappa shape index (κ2) is 6.81. The quantitative estimate of drug-likeness (QED) is 0.853. The first-order chi connectivity index (χ1) is 9.60. The molecule has 1 saturated heterocycles. The van der Waals surface area contributed by atoms with E-state index in [-0.39, 0.29) is 11.8 Å². The van der Waals surface area contributed by atoms with E-state index < -0.39 is 0 Å². The summed E-state index contributed by atoms with van der Waals surface area (Å²) < 4.78 is 0. The fourth-order valence-electron chi connectivity index (χ4n) is 2.24. The zero-order valence-electron chi connectivity index (χ0n) is 11.8. The minimum absolute atomic E-state index is 0.143. The smallest absolute Gasteiger partial charge is 0.280 e. The Morgan fingerprint density at radius 2 is 2.15 bits per heavy atom. The summed E-state index contributed by atoms with van der Waals surface area (Å²) in [5, 5.41) is 6.53. The second-order valence-corrected chi connectivity index (χ2v) is 5.99. The van der Waals surface area contributed by atoms with Gasteiger partial charge in [0.05, 0.1) is 0 Å². The lowest BCUT2D eigenvalue weighted by Gasteiger charge is -2.31. The van der Waals surface area contributed by atoms with Gasteiger partial charge in [-0.1, -0.05) is 0 Å². The molecule has 7 heteroatoms. The van der Waals surface area contributed by atoms with Crippen molar-refractivity contribution in [2.75, 3.05) is 20.1 Å². The summed E-state index contributed by atoms with van der Waals surface area (Å²) in [7, 11) is 1.60. The molecule has 20 heavy (non-hydrogen) atoms. The van der Waals surface area contributed by atoms with Crippen LogP contribution in [0.5, 0.6) is 0 Å². The Morgan fingerprint density at radius 3 is 2.75 bits per heavy atom. The number of carbonyl (C=O) groups is 2. The first kappa shape index (κ1) is 14.9. The third kappa shape index (κ3) is 3.77. The van der Waals surface area contributed by atoms with Crippen LogP contribution in [0.4, 0.5) is 0 Å². The van der Waals surface area contributed by atoms with Gasteiger partial charge in [0.15, 0.2) is 5.01 Å². The molecule has 1 fully saturated rings. The van der Waals surface area contributed by atoms with Crippen molar-refractivity contribution in [3.05, 3.63) is 16.1 Å². The van der Waals surface area contributed by atoms with Gasteiger partial charge in [-0.2, -0.15) is 0 Å². The number of nitrogens with zero attached hydrogens (tertiary/aromatic N) is 2. The van der Waals surface area contributed by atoms with Crippen LogP contribution in [-0.4, -0.2) is 47.9 Å². The van der Waals surface area contributed by atoms with Gasteiger partial charge in [-0.3, -0.25) is 9.59 Å². The molecule has 1 aromatic rings. The highest BCUT2D eigenvalue weighted by molar-refractivity contribution is 7.13. The fraction of sp³-hybridized carbons (Fsp3) is 0.615. The van der Waals surface area contributed by atoms with Gasteiger partial charge in [0.2, 0.25) is 5.91 Å². The van der Waals surface area contributed by atoms with E-state index in [1.165, 1.54) is 11.3 Å². The highest BCUT2D eigenvalue weighted by atomic mass is 32.1. The van der Waals surface area contributed by atoms with Crippen molar-refractivity contribution >= 4 is 23.2 Å². The molecule has 0 aliphatic carbocycles. The van der Waals surface area contributed by atoms with Crippen LogP contribution < -0.4 is 10.6 Å². The largest absolute Gasteiger partial charge is 0.353 e. The second-order valence-electron chi connectivity index (χ2n) is 4.87. The van der Waals surface area contributed by atoms with E-state index >= 15 is 0 Å². The number of nitrogens with one attached hydrogen (secondary N) is 2. The molecule has 0 unspecified atom stereocenters. The zero-order chi connectivity index (χ0) is 14.5. The Balaban J connectivity index is 1.77. The molecular weight excluding hydrogens is 276 g/mol. The average Bonchev–Trinajstić information content (AvgIpc) is 2.93. The normalized spacial score (nSPS) is 16.2. The molecule has 0 atom stereocenters. The van der Waals surface area contributed by atoms with Gasteiger partial charge in [-0.15, -0.1) is 11.3 Å².